The Balaban J connectivity index is 1.67. The molecule has 1 aliphatic rings. The van der Waals surface area contributed by atoms with E-state index in [0.717, 1.165) is 17.3 Å². The molecule has 1 N–H and O–H groups in total. The van der Waals surface area contributed by atoms with E-state index in [2.05, 4.69) is 4.99 Å². The third kappa shape index (κ3) is 6.38. The minimum absolute atomic E-state index is 0.0124. The van der Waals surface area contributed by atoms with Crippen molar-refractivity contribution < 1.29 is 33.3 Å². The van der Waals surface area contributed by atoms with Crippen LogP contribution < -0.4 is 9.47 Å². The fourth-order valence-electron chi connectivity index (χ4n) is 3.84. The largest absolute Gasteiger partial charge is 0.506 e. The van der Waals surface area contributed by atoms with Crippen molar-refractivity contribution in [1.29, 1.82) is 0 Å². The van der Waals surface area contributed by atoms with Gasteiger partial charge in [0.1, 0.15) is 28.8 Å². The first-order valence-corrected chi connectivity index (χ1v) is 13.4. The number of aliphatic hydroxyl groups is 1. The maximum atomic E-state index is 14.0. The van der Waals surface area contributed by atoms with Gasteiger partial charge in [-0.3, -0.25) is 4.79 Å². The lowest BCUT2D eigenvalue weighted by Crippen LogP contribution is -2.14. The highest BCUT2D eigenvalue weighted by Crippen LogP contribution is 2.42. The summed E-state index contributed by atoms with van der Waals surface area (Å²) in [7, 11) is 1.43. The molecule has 0 atom stereocenters. The predicted octanol–water partition coefficient (Wildman–Crippen LogP) is 7.08. The van der Waals surface area contributed by atoms with Crippen molar-refractivity contribution >= 4 is 46.4 Å². The van der Waals surface area contributed by atoms with Gasteiger partial charge >= 0.3 is 5.97 Å². The van der Waals surface area contributed by atoms with Gasteiger partial charge in [0.2, 0.25) is 0 Å². The van der Waals surface area contributed by atoms with E-state index in [9.17, 15) is 19.1 Å². The number of aliphatic hydroxyl groups excluding tert-OH is 1. The van der Waals surface area contributed by atoms with Crippen molar-refractivity contribution in [1.82, 2.24) is 0 Å². The second-order valence-corrected chi connectivity index (χ2v) is 9.94. The van der Waals surface area contributed by atoms with Gasteiger partial charge in [0, 0.05) is 11.1 Å². The number of esters is 1. The number of hydrogen-bond donors (Lipinski definition) is 1. The number of ether oxygens (including phenoxy) is 3. The molecule has 3 aromatic rings. The van der Waals surface area contributed by atoms with Gasteiger partial charge in [-0.2, -0.15) is 0 Å². The molecule has 1 heterocycles. The lowest BCUT2D eigenvalue weighted by atomic mass is 10.1. The fraction of sp³-hybridized carbons (Fsp3) is 0.167. The molecule has 1 aliphatic heterocycles. The first-order chi connectivity index (χ1) is 19.2. The number of benzene rings is 3. The number of thioether (sulfide) groups is 1. The highest BCUT2D eigenvalue weighted by Gasteiger charge is 2.34. The van der Waals surface area contributed by atoms with Crippen molar-refractivity contribution in [2.45, 2.75) is 20.5 Å². The molecule has 40 heavy (non-hydrogen) atoms. The van der Waals surface area contributed by atoms with Crippen LogP contribution in [0.3, 0.4) is 0 Å². The van der Waals surface area contributed by atoms with Crippen molar-refractivity contribution in [2.75, 3.05) is 13.7 Å². The summed E-state index contributed by atoms with van der Waals surface area (Å²) < 4.78 is 30.3. The van der Waals surface area contributed by atoms with Crippen LogP contribution in [0.15, 0.2) is 81.9 Å². The van der Waals surface area contributed by atoms with Gasteiger partial charge in [-0.1, -0.05) is 59.8 Å². The average Bonchev–Trinajstić information content (AvgIpc) is 3.22. The van der Waals surface area contributed by atoms with Crippen LogP contribution >= 0.6 is 23.4 Å². The number of halogens is 2. The van der Waals surface area contributed by atoms with E-state index < -0.39 is 17.7 Å². The molecule has 1 amide bonds. The monoisotopic (exact) mass is 581 g/mol. The highest BCUT2D eigenvalue weighted by molar-refractivity contribution is 8.18. The van der Waals surface area contributed by atoms with E-state index in [0.29, 0.717) is 16.7 Å². The van der Waals surface area contributed by atoms with E-state index in [1.165, 1.54) is 13.2 Å². The van der Waals surface area contributed by atoms with Crippen LogP contribution in [-0.4, -0.2) is 35.7 Å². The minimum Gasteiger partial charge on any atom is -0.506 e. The van der Waals surface area contributed by atoms with Crippen molar-refractivity contribution in [3.63, 3.8) is 0 Å². The average molecular weight is 582 g/mol. The molecule has 206 valence electrons. The molecule has 0 saturated heterocycles. The second-order valence-electron chi connectivity index (χ2n) is 8.51. The summed E-state index contributed by atoms with van der Waals surface area (Å²) in [6.45, 7) is 3.41. The molecule has 0 bridgehead atoms. The van der Waals surface area contributed by atoms with E-state index in [-0.39, 0.29) is 51.0 Å². The summed E-state index contributed by atoms with van der Waals surface area (Å²) in [6.07, 6.45) is 1.56. The molecule has 0 radical (unpaired) electrons. The Morgan fingerprint density at radius 1 is 1.12 bits per heavy atom. The zero-order valence-electron chi connectivity index (χ0n) is 21.9. The van der Waals surface area contributed by atoms with Gasteiger partial charge in [-0.25, -0.2) is 14.2 Å². The fourth-order valence-corrected chi connectivity index (χ4v) is 5.12. The van der Waals surface area contributed by atoms with E-state index in [1.807, 2.05) is 0 Å². The molecule has 0 spiro atoms. The third-order valence-electron chi connectivity index (χ3n) is 5.83. The van der Waals surface area contributed by atoms with Gasteiger partial charge in [0.05, 0.1) is 23.6 Å². The normalized spacial score (nSPS) is 15.0. The highest BCUT2D eigenvalue weighted by atomic mass is 35.5. The molecular formula is C30H25ClFNO6S. The summed E-state index contributed by atoms with van der Waals surface area (Å²) in [5.41, 5.74) is 1.74. The predicted molar refractivity (Wildman–Crippen MR) is 154 cm³/mol. The van der Waals surface area contributed by atoms with Gasteiger partial charge in [0.15, 0.2) is 11.5 Å². The van der Waals surface area contributed by atoms with Crippen LogP contribution in [0, 0.1) is 12.7 Å². The molecule has 0 aromatic heterocycles. The third-order valence-corrected chi connectivity index (χ3v) is 7.13. The molecule has 3 aromatic carbocycles. The number of aryl methyl sites for hydroxylation is 1. The Bertz CT molecular complexity index is 1570. The van der Waals surface area contributed by atoms with Crippen molar-refractivity contribution in [3.8, 4) is 11.5 Å². The zero-order valence-corrected chi connectivity index (χ0v) is 23.4. The Morgan fingerprint density at radius 2 is 1.85 bits per heavy atom. The number of carbonyl (C=O) groups excluding carboxylic acids is 2. The Kier molecular flexibility index (Phi) is 9.29. The summed E-state index contributed by atoms with van der Waals surface area (Å²) in [5.74, 6) is -1.66. The molecule has 4 rings (SSSR count). The van der Waals surface area contributed by atoms with Crippen LogP contribution in [0.1, 0.15) is 34.0 Å². The number of amides is 1. The molecule has 7 nitrogen and oxygen atoms in total. The SMILES string of the molecule is CCOC(=O)C1=C(O)/C(=C/c2cc(Cl)c(OCc3ccccc3F)c(OC)c2)SC1=NC(=O)c1ccccc1C. The summed E-state index contributed by atoms with van der Waals surface area (Å²) >= 11 is 7.44. The maximum absolute atomic E-state index is 14.0. The molecule has 0 saturated carbocycles. The number of nitrogens with zero attached hydrogens (tertiary/aromatic N) is 1. The maximum Gasteiger partial charge on any atom is 0.344 e. The summed E-state index contributed by atoms with van der Waals surface area (Å²) in [4.78, 5) is 30.0. The van der Waals surface area contributed by atoms with E-state index >= 15 is 0 Å². The second kappa shape index (κ2) is 12.8. The molecule has 0 fully saturated rings. The van der Waals surface area contributed by atoms with Crippen LogP contribution in [0.5, 0.6) is 11.5 Å². The van der Waals surface area contributed by atoms with Crippen LogP contribution in [0.4, 0.5) is 4.39 Å². The first kappa shape index (κ1) is 28.9. The van der Waals surface area contributed by atoms with Gasteiger partial charge < -0.3 is 19.3 Å². The number of methoxy groups -OCH3 is 1. The van der Waals surface area contributed by atoms with Crippen molar-refractivity contribution in [3.05, 3.63) is 110 Å². The van der Waals surface area contributed by atoms with Gasteiger partial charge in [-0.05, 0) is 55.3 Å². The topological polar surface area (TPSA) is 94.4 Å². The molecule has 10 heteroatoms. The lowest BCUT2D eigenvalue weighted by molar-refractivity contribution is -0.138. The minimum atomic E-state index is -0.806. The quantitative estimate of drug-likeness (QED) is 0.284. The summed E-state index contributed by atoms with van der Waals surface area (Å²) in [6, 6.07) is 16.3. The van der Waals surface area contributed by atoms with E-state index in [1.54, 1.807) is 74.5 Å². The number of carbonyl (C=O) groups is 2. The zero-order chi connectivity index (χ0) is 28.8. The number of hydrogen-bond acceptors (Lipinski definition) is 7. The molecule has 0 aliphatic carbocycles. The van der Waals surface area contributed by atoms with Crippen LogP contribution in [-0.2, 0) is 16.1 Å². The molecular weight excluding hydrogens is 557 g/mol. The van der Waals surface area contributed by atoms with Gasteiger partial charge in [0.25, 0.3) is 5.91 Å². The van der Waals surface area contributed by atoms with Crippen LogP contribution in [0.2, 0.25) is 5.02 Å². The first-order valence-electron chi connectivity index (χ1n) is 12.2. The summed E-state index contributed by atoms with van der Waals surface area (Å²) in [5, 5.41) is 11.2. The Labute approximate surface area is 239 Å². The Hall–Kier alpha value is -4.08. The van der Waals surface area contributed by atoms with Crippen molar-refractivity contribution in [2.24, 2.45) is 4.99 Å². The van der Waals surface area contributed by atoms with E-state index in [4.69, 9.17) is 25.8 Å². The Morgan fingerprint density at radius 3 is 2.55 bits per heavy atom. The van der Waals surface area contributed by atoms with Crippen LogP contribution in [0.25, 0.3) is 6.08 Å². The lowest BCUT2D eigenvalue weighted by Gasteiger charge is -2.14. The number of rotatable bonds is 8. The molecule has 0 unspecified atom stereocenters. The standard InChI is InChI=1S/C30H25ClFNO6S/c1-4-38-30(36)25-26(34)24(40-29(25)33-28(35)20-11-7-5-9-17(20)2)15-18-13-21(31)27(23(14-18)37-3)39-16-19-10-6-8-12-22(19)32/h5-15,34H,4,16H2,1-3H3/b24-15-,33-29?. The van der Waals surface area contributed by atoms with Gasteiger partial charge in [-0.15, -0.1) is 0 Å². The number of aliphatic imine (C=N–C) groups is 1. The smallest absolute Gasteiger partial charge is 0.344 e.